The molecule has 0 spiro atoms. The van der Waals surface area contributed by atoms with Gasteiger partial charge in [-0.1, -0.05) is 54.1 Å². The van der Waals surface area contributed by atoms with Crippen LogP contribution in [0, 0.1) is 6.92 Å². The molecule has 0 aromatic heterocycles. The molecule has 21 heavy (non-hydrogen) atoms. The topological polar surface area (TPSA) is 12.0 Å². The Morgan fingerprint density at radius 1 is 1.00 bits per heavy atom. The van der Waals surface area contributed by atoms with Crippen LogP contribution in [0.3, 0.4) is 0 Å². The van der Waals surface area contributed by atoms with Crippen LogP contribution in [0.1, 0.15) is 11.1 Å². The van der Waals surface area contributed by atoms with Gasteiger partial charge in [0, 0.05) is 11.6 Å². The van der Waals surface area contributed by atoms with E-state index in [4.69, 9.17) is 11.6 Å². The van der Waals surface area contributed by atoms with Crippen molar-refractivity contribution in [2.45, 2.75) is 13.5 Å². The predicted molar refractivity (Wildman–Crippen MR) is 91.9 cm³/mol. The van der Waals surface area contributed by atoms with Crippen LogP contribution < -0.4 is 5.32 Å². The Bertz CT molecular complexity index is 793. The van der Waals surface area contributed by atoms with Crippen LogP contribution in [0.5, 0.6) is 0 Å². The Hall–Kier alpha value is -1.83. The van der Waals surface area contributed by atoms with Crippen molar-refractivity contribution in [1.82, 2.24) is 5.32 Å². The minimum Gasteiger partial charge on any atom is -0.316 e. The fourth-order valence-corrected chi connectivity index (χ4v) is 3.04. The van der Waals surface area contributed by atoms with Crippen molar-refractivity contribution in [3.8, 4) is 11.1 Å². The first-order valence-electron chi connectivity index (χ1n) is 7.12. The summed E-state index contributed by atoms with van der Waals surface area (Å²) in [4.78, 5) is 0. The fourth-order valence-electron chi connectivity index (χ4n) is 2.86. The molecule has 1 nitrogen and oxygen atoms in total. The molecule has 3 aromatic carbocycles. The molecule has 3 rings (SSSR count). The smallest absolute Gasteiger partial charge is 0.0412 e. The van der Waals surface area contributed by atoms with Crippen molar-refractivity contribution >= 4 is 22.4 Å². The Balaban J connectivity index is 2.34. The van der Waals surface area contributed by atoms with E-state index < -0.39 is 0 Å². The minimum atomic E-state index is 0.775. The van der Waals surface area contributed by atoms with Crippen molar-refractivity contribution in [2.24, 2.45) is 0 Å². The van der Waals surface area contributed by atoms with Gasteiger partial charge in [0.2, 0.25) is 0 Å². The number of hydrogen-bond donors (Lipinski definition) is 1. The summed E-state index contributed by atoms with van der Waals surface area (Å²) < 4.78 is 0. The molecule has 0 fully saturated rings. The summed E-state index contributed by atoms with van der Waals surface area (Å²) in [5, 5.41) is 6.55. The molecule has 0 atom stereocenters. The molecule has 1 N–H and O–H groups in total. The summed E-state index contributed by atoms with van der Waals surface area (Å²) in [5.41, 5.74) is 5.03. The zero-order valence-corrected chi connectivity index (χ0v) is 13.0. The highest BCUT2D eigenvalue weighted by Gasteiger charge is 2.11. The lowest BCUT2D eigenvalue weighted by molar-refractivity contribution is 0.819. The van der Waals surface area contributed by atoms with Crippen molar-refractivity contribution < 1.29 is 0 Å². The lowest BCUT2D eigenvalue weighted by atomic mass is 9.91. The van der Waals surface area contributed by atoms with Crippen molar-refractivity contribution in [1.29, 1.82) is 0 Å². The summed E-state index contributed by atoms with van der Waals surface area (Å²) in [5.74, 6) is 0. The van der Waals surface area contributed by atoms with Gasteiger partial charge >= 0.3 is 0 Å². The van der Waals surface area contributed by atoms with Gasteiger partial charge < -0.3 is 5.32 Å². The molecule has 0 saturated carbocycles. The van der Waals surface area contributed by atoms with Crippen molar-refractivity contribution in [2.75, 3.05) is 7.05 Å². The second kappa shape index (κ2) is 5.88. The summed E-state index contributed by atoms with van der Waals surface area (Å²) in [6.45, 7) is 2.99. The molecule has 0 saturated heterocycles. The largest absolute Gasteiger partial charge is 0.316 e. The van der Waals surface area contributed by atoms with Gasteiger partial charge in [0.1, 0.15) is 0 Å². The van der Waals surface area contributed by atoms with Crippen LogP contribution in [0.2, 0.25) is 5.02 Å². The number of hydrogen-bond acceptors (Lipinski definition) is 1. The number of halogens is 1. The molecule has 3 aromatic rings. The first-order valence-corrected chi connectivity index (χ1v) is 7.50. The van der Waals surface area contributed by atoms with Gasteiger partial charge in [-0.3, -0.25) is 0 Å². The van der Waals surface area contributed by atoms with Crippen LogP contribution >= 0.6 is 11.6 Å². The molecule has 0 unspecified atom stereocenters. The summed E-state index contributed by atoms with van der Waals surface area (Å²) in [6.07, 6.45) is 0. The highest BCUT2D eigenvalue weighted by molar-refractivity contribution is 6.31. The van der Waals surface area contributed by atoms with Crippen LogP contribution in [-0.2, 0) is 6.54 Å². The Kier molecular flexibility index (Phi) is 3.96. The van der Waals surface area contributed by atoms with Gasteiger partial charge in [-0.15, -0.1) is 0 Å². The summed E-state index contributed by atoms with van der Waals surface area (Å²) in [7, 11) is 1.97. The maximum atomic E-state index is 6.25. The van der Waals surface area contributed by atoms with Gasteiger partial charge in [-0.25, -0.2) is 0 Å². The molecule has 0 aliphatic heterocycles. The molecule has 106 valence electrons. The van der Waals surface area contributed by atoms with Crippen LogP contribution in [0.15, 0.2) is 54.6 Å². The first kappa shape index (κ1) is 14.1. The highest BCUT2D eigenvalue weighted by atomic mass is 35.5. The predicted octanol–water partition coefficient (Wildman–Crippen LogP) is 5.19. The fraction of sp³-hybridized carbons (Fsp3) is 0.158. The normalized spacial score (nSPS) is 11.0. The lowest BCUT2D eigenvalue weighted by Gasteiger charge is -2.15. The average molecular weight is 296 g/mol. The number of nitrogens with one attached hydrogen (secondary N) is 1. The SMILES string of the molecule is CNCc1ccc(Cl)cc1-c1c(C)ccc2ccccc12. The number of rotatable bonds is 3. The molecule has 0 aliphatic carbocycles. The monoisotopic (exact) mass is 295 g/mol. The molecular weight excluding hydrogens is 278 g/mol. The Morgan fingerprint density at radius 3 is 2.62 bits per heavy atom. The molecule has 0 heterocycles. The van der Waals surface area contributed by atoms with E-state index in [1.807, 2.05) is 13.1 Å². The number of benzene rings is 3. The highest BCUT2D eigenvalue weighted by Crippen LogP contribution is 2.35. The van der Waals surface area contributed by atoms with Crippen molar-refractivity contribution in [3.05, 3.63) is 70.7 Å². The standard InChI is InChI=1S/C19H18ClN/c1-13-7-8-14-5-3-4-6-17(14)19(13)18-11-16(20)10-9-15(18)12-21-2/h3-11,21H,12H2,1-2H3. The Morgan fingerprint density at radius 2 is 1.81 bits per heavy atom. The maximum absolute atomic E-state index is 6.25. The molecule has 0 aliphatic rings. The number of fused-ring (bicyclic) bond motifs is 1. The van der Waals surface area contributed by atoms with E-state index in [1.54, 1.807) is 0 Å². The second-order valence-corrected chi connectivity index (χ2v) is 5.75. The van der Waals surface area contributed by atoms with E-state index in [0.29, 0.717) is 0 Å². The van der Waals surface area contributed by atoms with E-state index in [-0.39, 0.29) is 0 Å². The first-order chi connectivity index (χ1) is 10.2. The van der Waals surface area contributed by atoms with Gasteiger partial charge in [-0.2, -0.15) is 0 Å². The van der Waals surface area contributed by atoms with Crippen LogP contribution in [-0.4, -0.2) is 7.05 Å². The molecular formula is C19H18ClN. The third-order valence-corrected chi connectivity index (χ3v) is 4.08. The second-order valence-electron chi connectivity index (χ2n) is 5.31. The summed E-state index contributed by atoms with van der Waals surface area (Å²) >= 11 is 6.25. The van der Waals surface area contributed by atoms with Gasteiger partial charge in [0.15, 0.2) is 0 Å². The lowest BCUT2D eigenvalue weighted by Crippen LogP contribution is -2.06. The van der Waals surface area contributed by atoms with Crippen LogP contribution in [0.25, 0.3) is 21.9 Å². The zero-order chi connectivity index (χ0) is 14.8. The molecule has 0 bridgehead atoms. The third kappa shape index (κ3) is 2.67. The van der Waals surface area contributed by atoms with Gasteiger partial charge in [-0.05, 0) is 59.1 Å². The van der Waals surface area contributed by atoms with Crippen molar-refractivity contribution in [3.63, 3.8) is 0 Å². The van der Waals surface area contributed by atoms with Gasteiger partial charge in [0.25, 0.3) is 0 Å². The van der Waals surface area contributed by atoms with Gasteiger partial charge in [0.05, 0.1) is 0 Å². The zero-order valence-electron chi connectivity index (χ0n) is 12.3. The van der Waals surface area contributed by atoms with E-state index >= 15 is 0 Å². The number of aryl methyl sites for hydroxylation is 1. The van der Waals surface area contributed by atoms with E-state index in [1.165, 1.54) is 33.0 Å². The molecule has 0 amide bonds. The quantitative estimate of drug-likeness (QED) is 0.701. The van der Waals surface area contributed by atoms with E-state index in [9.17, 15) is 0 Å². The third-order valence-electron chi connectivity index (χ3n) is 3.85. The van der Waals surface area contributed by atoms with E-state index in [2.05, 4.69) is 60.8 Å². The maximum Gasteiger partial charge on any atom is 0.0412 e. The average Bonchev–Trinajstić information content (AvgIpc) is 2.49. The Labute approximate surface area is 130 Å². The summed E-state index contributed by atoms with van der Waals surface area (Å²) in [6, 6.07) is 19.0. The van der Waals surface area contributed by atoms with Crippen LogP contribution in [0.4, 0.5) is 0 Å². The minimum absolute atomic E-state index is 0.775. The van der Waals surface area contributed by atoms with E-state index in [0.717, 1.165) is 11.6 Å². The molecule has 2 heteroatoms. The molecule has 0 radical (unpaired) electrons.